The fourth-order valence-corrected chi connectivity index (χ4v) is 2.52. The highest BCUT2D eigenvalue weighted by Gasteiger charge is 2.17. The Hall–Kier alpha value is -1.36. The van der Waals surface area contributed by atoms with Gasteiger partial charge in [-0.25, -0.2) is 5.43 Å². The maximum Gasteiger partial charge on any atom is 0.124 e. The van der Waals surface area contributed by atoms with Crippen molar-refractivity contribution in [1.82, 2.24) is 5.43 Å². The minimum absolute atomic E-state index is 0.0927. The fourth-order valence-electron chi connectivity index (χ4n) is 2.28. The minimum atomic E-state index is -0.0927. The summed E-state index contributed by atoms with van der Waals surface area (Å²) < 4.78 is 6.93. The van der Waals surface area contributed by atoms with Crippen molar-refractivity contribution in [2.75, 3.05) is 6.61 Å². The van der Waals surface area contributed by atoms with E-state index in [0.29, 0.717) is 6.61 Å². The van der Waals surface area contributed by atoms with E-state index >= 15 is 0 Å². The first-order chi connectivity index (χ1) is 10.2. The molecule has 3 N–H and O–H groups in total. The van der Waals surface area contributed by atoms with Gasteiger partial charge >= 0.3 is 0 Å². The molecule has 0 heterocycles. The highest BCUT2D eigenvalue weighted by atomic mass is 79.9. The molecular formula is C17H21BrN2O. The Morgan fingerprint density at radius 3 is 2.67 bits per heavy atom. The van der Waals surface area contributed by atoms with Crippen LogP contribution in [0.3, 0.4) is 0 Å². The van der Waals surface area contributed by atoms with Crippen LogP contribution >= 0.6 is 15.9 Å². The van der Waals surface area contributed by atoms with Gasteiger partial charge in [0.05, 0.1) is 12.6 Å². The van der Waals surface area contributed by atoms with E-state index in [1.54, 1.807) is 0 Å². The smallest absolute Gasteiger partial charge is 0.124 e. The molecule has 1 atom stereocenters. The van der Waals surface area contributed by atoms with Crippen LogP contribution in [0.5, 0.6) is 5.75 Å². The normalized spacial score (nSPS) is 12.2. The lowest BCUT2D eigenvalue weighted by Gasteiger charge is -2.21. The monoisotopic (exact) mass is 348 g/mol. The maximum absolute atomic E-state index is 5.84. The van der Waals surface area contributed by atoms with Crippen LogP contribution in [0, 0.1) is 6.92 Å². The van der Waals surface area contributed by atoms with Crippen molar-refractivity contribution in [2.45, 2.75) is 26.3 Å². The summed E-state index contributed by atoms with van der Waals surface area (Å²) in [5.74, 6) is 6.68. The summed E-state index contributed by atoms with van der Waals surface area (Å²) in [7, 11) is 0. The van der Waals surface area contributed by atoms with Gasteiger partial charge in [0, 0.05) is 10.0 Å². The van der Waals surface area contributed by atoms with E-state index in [-0.39, 0.29) is 6.04 Å². The van der Waals surface area contributed by atoms with E-state index in [9.17, 15) is 0 Å². The number of nitrogens with two attached hydrogens (primary N) is 1. The minimum Gasteiger partial charge on any atom is -0.493 e. The molecule has 0 aromatic heterocycles. The second-order valence-corrected chi connectivity index (χ2v) is 5.85. The lowest BCUT2D eigenvalue weighted by Crippen LogP contribution is -2.29. The molecule has 0 spiro atoms. The zero-order chi connectivity index (χ0) is 15.2. The molecule has 1 unspecified atom stereocenters. The van der Waals surface area contributed by atoms with Crippen LogP contribution in [0.1, 0.15) is 36.1 Å². The van der Waals surface area contributed by atoms with Gasteiger partial charge in [0.1, 0.15) is 5.75 Å². The van der Waals surface area contributed by atoms with Crippen LogP contribution in [-0.2, 0) is 0 Å². The summed E-state index contributed by atoms with van der Waals surface area (Å²) in [6, 6.07) is 14.2. The van der Waals surface area contributed by atoms with E-state index < -0.39 is 0 Å². The molecule has 0 aliphatic carbocycles. The Morgan fingerprint density at radius 1 is 1.24 bits per heavy atom. The summed E-state index contributed by atoms with van der Waals surface area (Å²) in [6.45, 7) is 4.87. The van der Waals surface area contributed by atoms with Crippen molar-refractivity contribution < 1.29 is 4.74 Å². The van der Waals surface area contributed by atoms with Crippen LogP contribution in [0.2, 0.25) is 0 Å². The predicted molar refractivity (Wildman–Crippen MR) is 90.3 cm³/mol. The van der Waals surface area contributed by atoms with Gasteiger partial charge in [-0.3, -0.25) is 5.84 Å². The molecule has 0 fully saturated rings. The standard InChI is InChI=1S/C17H21BrN2O/c1-3-10-21-16-7-5-4-6-14(16)17(20-19)13-8-9-15(18)12(2)11-13/h4-9,11,17,20H,3,10,19H2,1-2H3. The average molecular weight is 349 g/mol. The molecule has 112 valence electrons. The second kappa shape index (κ2) is 7.59. The van der Waals surface area contributed by atoms with Gasteiger partial charge in [-0.05, 0) is 36.6 Å². The lowest BCUT2D eigenvalue weighted by molar-refractivity contribution is 0.311. The first-order valence-electron chi connectivity index (χ1n) is 7.11. The molecule has 21 heavy (non-hydrogen) atoms. The van der Waals surface area contributed by atoms with Crippen molar-refractivity contribution in [1.29, 1.82) is 0 Å². The third-order valence-electron chi connectivity index (χ3n) is 3.37. The van der Waals surface area contributed by atoms with Gasteiger partial charge in [0.15, 0.2) is 0 Å². The Kier molecular flexibility index (Phi) is 5.79. The van der Waals surface area contributed by atoms with Crippen molar-refractivity contribution in [3.05, 3.63) is 63.6 Å². The first-order valence-corrected chi connectivity index (χ1v) is 7.90. The van der Waals surface area contributed by atoms with Gasteiger partial charge in [-0.2, -0.15) is 0 Å². The number of ether oxygens (including phenoxy) is 1. The average Bonchev–Trinajstić information content (AvgIpc) is 2.50. The van der Waals surface area contributed by atoms with E-state index in [1.807, 2.05) is 30.3 Å². The van der Waals surface area contributed by atoms with E-state index in [2.05, 4.69) is 47.3 Å². The van der Waals surface area contributed by atoms with Gasteiger partial charge < -0.3 is 4.74 Å². The van der Waals surface area contributed by atoms with Crippen LogP contribution < -0.4 is 16.0 Å². The Labute approximate surface area is 134 Å². The van der Waals surface area contributed by atoms with Crippen LogP contribution in [-0.4, -0.2) is 6.61 Å². The number of halogens is 1. The van der Waals surface area contributed by atoms with Crippen LogP contribution in [0.25, 0.3) is 0 Å². The molecule has 3 nitrogen and oxygen atoms in total. The second-order valence-electron chi connectivity index (χ2n) is 4.99. The van der Waals surface area contributed by atoms with Gasteiger partial charge in [-0.15, -0.1) is 0 Å². The summed E-state index contributed by atoms with van der Waals surface area (Å²) >= 11 is 3.53. The highest BCUT2D eigenvalue weighted by molar-refractivity contribution is 9.10. The molecule has 0 saturated heterocycles. The van der Waals surface area contributed by atoms with Gasteiger partial charge in [-0.1, -0.05) is 53.2 Å². The zero-order valence-corrected chi connectivity index (χ0v) is 14.0. The lowest BCUT2D eigenvalue weighted by atomic mass is 9.97. The Bertz CT molecular complexity index is 601. The number of aryl methyl sites for hydroxylation is 1. The molecule has 4 heteroatoms. The number of rotatable bonds is 6. The molecule has 0 aliphatic heterocycles. The summed E-state index contributed by atoms with van der Waals surface area (Å²) in [5, 5.41) is 0. The molecule has 0 radical (unpaired) electrons. The molecule has 2 aromatic rings. The molecule has 2 aromatic carbocycles. The predicted octanol–water partition coefficient (Wildman–Crippen LogP) is 4.10. The van der Waals surface area contributed by atoms with Gasteiger partial charge in [0.2, 0.25) is 0 Å². The maximum atomic E-state index is 5.84. The molecule has 0 saturated carbocycles. The summed E-state index contributed by atoms with van der Waals surface area (Å²) in [5.41, 5.74) is 6.25. The number of hydrogen-bond donors (Lipinski definition) is 2. The number of para-hydroxylation sites is 1. The highest BCUT2D eigenvalue weighted by Crippen LogP contribution is 2.31. The van der Waals surface area contributed by atoms with Crippen molar-refractivity contribution in [3.63, 3.8) is 0 Å². The molecule has 2 rings (SSSR count). The largest absolute Gasteiger partial charge is 0.493 e. The SMILES string of the molecule is CCCOc1ccccc1C(NN)c1ccc(Br)c(C)c1. The van der Waals surface area contributed by atoms with Crippen molar-refractivity contribution >= 4 is 15.9 Å². The number of nitrogens with one attached hydrogen (secondary N) is 1. The molecule has 0 bridgehead atoms. The van der Waals surface area contributed by atoms with Gasteiger partial charge in [0.25, 0.3) is 0 Å². The van der Waals surface area contributed by atoms with Crippen molar-refractivity contribution in [2.24, 2.45) is 5.84 Å². The molecule has 0 amide bonds. The van der Waals surface area contributed by atoms with Crippen LogP contribution in [0.15, 0.2) is 46.9 Å². The Balaban J connectivity index is 2.38. The molecular weight excluding hydrogens is 328 g/mol. The quantitative estimate of drug-likeness (QED) is 0.610. The first kappa shape index (κ1) is 16.0. The van der Waals surface area contributed by atoms with E-state index in [0.717, 1.165) is 27.8 Å². The topological polar surface area (TPSA) is 47.3 Å². The number of hydrazine groups is 1. The van der Waals surface area contributed by atoms with Crippen molar-refractivity contribution in [3.8, 4) is 5.75 Å². The third-order valence-corrected chi connectivity index (χ3v) is 4.26. The Morgan fingerprint density at radius 2 is 2.00 bits per heavy atom. The van der Waals surface area contributed by atoms with E-state index in [1.165, 1.54) is 5.56 Å². The summed E-state index contributed by atoms with van der Waals surface area (Å²) in [6.07, 6.45) is 0.979. The number of benzene rings is 2. The third kappa shape index (κ3) is 3.84. The zero-order valence-electron chi connectivity index (χ0n) is 12.4. The molecule has 0 aliphatic rings. The summed E-state index contributed by atoms with van der Waals surface area (Å²) in [4.78, 5) is 0. The van der Waals surface area contributed by atoms with Crippen LogP contribution in [0.4, 0.5) is 0 Å². The number of hydrogen-bond acceptors (Lipinski definition) is 3. The fraction of sp³-hybridized carbons (Fsp3) is 0.294. The van der Waals surface area contributed by atoms with E-state index in [4.69, 9.17) is 10.6 Å².